The first kappa shape index (κ1) is 9.77. The second-order valence-electron chi connectivity index (χ2n) is 3.20. The van der Waals surface area contributed by atoms with Gasteiger partial charge in [-0.2, -0.15) is 4.98 Å². The summed E-state index contributed by atoms with van der Waals surface area (Å²) in [4.78, 5) is 8.08. The summed E-state index contributed by atoms with van der Waals surface area (Å²) >= 11 is 0. The molecule has 0 saturated heterocycles. The van der Waals surface area contributed by atoms with E-state index in [1.807, 2.05) is 0 Å². The first-order chi connectivity index (χ1) is 6.22. The Hall–Kier alpha value is -1.32. The summed E-state index contributed by atoms with van der Waals surface area (Å²) in [5.41, 5.74) is 5.51. The monoisotopic (exact) mass is 180 g/mol. The van der Waals surface area contributed by atoms with E-state index in [2.05, 4.69) is 29.1 Å². The van der Waals surface area contributed by atoms with Crippen LogP contribution in [0.4, 0.5) is 11.8 Å². The largest absolute Gasteiger partial charge is 0.384 e. The zero-order chi connectivity index (χ0) is 9.68. The normalized spacial score (nSPS) is 12.5. The molecule has 0 spiro atoms. The minimum Gasteiger partial charge on any atom is -0.384 e. The van der Waals surface area contributed by atoms with E-state index < -0.39 is 0 Å². The number of nitrogen functional groups attached to an aromatic ring is 1. The molecule has 0 amide bonds. The molecule has 0 aliphatic carbocycles. The average molecular weight is 180 g/mol. The highest BCUT2D eigenvalue weighted by Crippen LogP contribution is 2.04. The molecule has 0 fully saturated rings. The van der Waals surface area contributed by atoms with Crippen molar-refractivity contribution in [1.29, 1.82) is 0 Å². The molecule has 1 aromatic heterocycles. The molecule has 0 radical (unpaired) electrons. The third-order valence-corrected chi connectivity index (χ3v) is 1.98. The third-order valence-electron chi connectivity index (χ3n) is 1.98. The number of rotatable bonds is 4. The van der Waals surface area contributed by atoms with Crippen molar-refractivity contribution in [1.82, 2.24) is 9.97 Å². The molecule has 4 nitrogen and oxygen atoms in total. The SMILES string of the molecule is CCC(C)CNc1nccc(N)n1. The lowest BCUT2D eigenvalue weighted by molar-refractivity contribution is 0.591. The maximum absolute atomic E-state index is 5.51. The summed E-state index contributed by atoms with van der Waals surface area (Å²) in [6.07, 6.45) is 2.80. The van der Waals surface area contributed by atoms with Crippen LogP contribution in [0.25, 0.3) is 0 Å². The molecule has 0 saturated carbocycles. The van der Waals surface area contributed by atoms with Gasteiger partial charge in [0, 0.05) is 12.7 Å². The Balaban J connectivity index is 2.45. The van der Waals surface area contributed by atoms with Gasteiger partial charge < -0.3 is 11.1 Å². The van der Waals surface area contributed by atoms with Crippen molar-refractivity contribution in [3.05, 3.63) is 12.3 Å². The van der Waals surface area contributed by atoms with Crippen LogP contribution in [0, 0.1) is 5.92 Å². The Morgan fingerprint density at radius 1 is 1.62 bits per heavy atom. The van der Waals surface area contributed by atoms with Gasteiger partial charge in [0.15, 0.2) is 0 Å². The predicted octanol–water partition coefficient (Wildman–Crippen LogP) is 1.52. The molecular formula is C9H16N4. The van der Waals surface area contributed by atoms with Crippen molar-refractivity contribution in [3.8, 4) is 0 Å². The van der Waals surface area contributed by atoms with Crippen LogP contribution in [0.5, 0.6) is 0 Å². The predicted molar refractivity (Wildman–Crippen MR) is 54.4 cm³/mol. The van der Waals surface area contributed by atoms with Gasteiger partial charge in [0.1, 0.15) is 5.82 Å². The maximum atomic E-state index is 5.51. The van der Waals surface area contributed by atoms with Gasteiger partial charge in [0.05, 0.1) is 0 Å². The molecule has 0 bridgehead atoms. The van der Waals surface area contributed by atoms with Crippen LogP contribution >= 0.6 is 0 Å². The molecule has 1 unspecified atom stereocenters. The second-order valence-corrected chi connectivity index (χ2v) is 3.20. The van der Waals surface area contributed by atoms with E-state index in [-0.39, 0.29) is 0 Å². The minimum absolute atomic E-state index is 0.502. The van der Waals surface area contributed by atoms with Gasteiger partial charge in [-0.05, 0) is 12.0 Å². The van der Waals surface area contributed by atoms with E-state index in [0.717, 1.165) is 13.0 Å². The molecule has 1 aromatic rings. The zero-order valence-corrected chi connectivity index (χ0v) is 8.12. The van der Waals surface area contributed by atoms with Crippen molar-refractivity contribution < 1.29 is 0 Å². The molecule has 0 aliphatic rings. The lowest BCUT2D eigenvalue weighted by Crippen LogP contribution is -2.12. The van der Waals surface area contributed by atoms with E-state index in [9.17, 15) is 0 Å². The second kappa shape index (κ2) is 4.64. The summed E-state index contributed by atoms with van der Waals surface area (Å²) in [7, 11) is 0. The molecule has 0 aromatic carbocycles. The summed E-state index contributed by atoms with van der Waals surface area (Å²) < 4.78 is 0. The lowest BCUT2D eigenvalue weighted by Gasteiger charge is -2.09. The fourth-order valence-corrected chi connectivity index (χ4v) is 0.868. The number of anilines is 2. The van der Waals surface area contributed by atoms with Crippen LogP contribution in [0.3, 0.4) is 0 Å². The highest BCUT2D eigenvalue weighted by Gasteiger charge is 1.99. The topological polar surface area (TPSA) is 63.8 Å². The van der Waals surface area contributed by atoms with Gasteiger partial charge in [-0.3, -0.25) is 0 Å². The average Bonchev–Trinajstić information content (AvgIpc) is 2.14. The molecule has 13 heavy (non-hydrogen) atoms. The highest BCUT2D eigenvalue weighted by molar-refractivity contribution is 5.34. The molecule has 1 heterocycles. The molecule has 1 rings (SSSR count). The number of nitrogens with zero attached hydrogens (tertiary/aromatic N) is 2. The van der Waals surface area contributed by atoms with E-state index in [1.54, 1.807) is 12.3 Å². The number of nitrogens with one attached hydrogen (secondary N) is 1. The van der Waals surface area contributed by atoms with Gasteiger partial charge in [0.2, 0.25) is 5.95 Å². The standard InChI is InChI=1S/C9H16N4/c1-3-7(2)6-12-9-11-5-4-8(10)13-9/h4-5,7H,3,6H2,1-2H3,(H3,10,11,12,13). The van der Waals surface area contributed by atoms with E-state index in [4.69, 9.17) is 5.73 Å². The smallest absolute Gasteiger partial charge is 0.224 e. The van der Waals surface area contributed by atoms with Crippen molar-refractivity contribution >= 4 is 11.8 Å². The Morgan fingerprint density at radius 2 is 2.38 bits per heavy atom. The van der Waals surface area contributed by atoms with Gasteiger partial charge in [-0.15, -0.1) is 0 Å². The van der Waals surface area contributed by atoms with Crippen LogP contribution in [0.1, 0.15) is 20.3 Å². The van der Waals surface area contributed by atoms with E-state index >= 15 is 0 Å². The number of nitrogens with two attached hydrogens (primary N) is 1. The summed E-state index contributed by atoms with van der Waals surface area (Å²) in [6, 6.07) is 1.68. The molecule has 3 N–H and O–H groups in total. The molecule has 1 atom stereocenters. The quantitative estimate of drug-likeness (QED) is 0.737. The first-order valence-corrected chi connectivity index (χ1v) is 4.54. The molecular weight excluding hydrogens is 164 g/mol. The molecule has 0 aliphatic heterocycles. The number of aromatic nitrogens is 2. The van der Waals surface area contributed by atoms with Crippen molar-refractivity contribution in [2.75, 3.05) is 17.6 Å². The Bertz CT molecular complexity index is 262. The summed E-state index contributed by atoms with van der Waals surface area (Å²) in [5, 5.41) is 3.13. The van der Waals surface area contributed by atoms with Crippen LogP contribution in [-0.4, -0.2) is 16.5 Å². The highest BCUT2D eigenvalue weighted by atomic mass is 15.1. The van der Waals surface area contributed by atoms with E-state index in [1.165, 1.54) is 0 Å². The third kappa shape index (κ3) is 3.27. The van der Waals surface area contributed by atoms with Crippen LogP contribution < -0.4 is 11.1 Å². The Labute approximate surface area is 78.6 Å². The Morgan fingerprint density at radius 3 is 3.00 bits per heavy atom. The number of hydrogen-bond donors (Lipinski definition) is 2. The molecule has 4 heteroatoms. The summed E-state index contributed by atoms with van der Waals surface area (Å²) in [6.45, 7) is 5.23. The fourth-order valence-electron chi connectivity index (χ4n) is 0.868. The maximum Gasteiger partial charge on any atom is 0.224 e. The van der Waals surface area contributed by atoms with Gasteiger partial charge in [-0.1, -0.05) is 20.3 Å². The minimum atomic E-state index is 0.502. The van der Waals surface area contributed by atoms with E-state index in [0.29, 0.717) is 17.7 Å². The van der Waals surface area contributed by atoms with Crippen molar-refractivity contribution in [2.45, 2.75) is 20.3 Å². The van der Waals surface area contributed by atoms with Crippen LogP contribution in [0.15, 0.2) is 12.3 Å². The number of hydrogen-bond acceptors (Lipinski definition) is 4. The van der Waals surface area contributed by atoms with Gasteiger partial charge in [0.25, 0.3) is 0 Å². The molecule has 72 valence electrons. The van der Waals surface area contributed by atoms with Gasteiger partial charge in [-0.25, -0.2) is 4.98 Å². The first-order valence-electron chi connectivity index (χ1n) is 4.54. The van der Waals surface area contributed by atoms with Crippen molar-refractivity contribution in [2.24, 2.45) is 5.92 Å². The Kier molecular flexibility index (Phi) is 3.49. The fraction of sp³-hybridized carbons (Fsp3) is 0.556. The van der Waals surface area contributed by atoms with Gasteiger partial charge >= 0.3 is 0 Å². The zero-order valence-electron chi connectivity index (χ0n) is 8.12. The van der Waals surface area contributed by atoms with Crippen LogP contribution in [0.2, 0.25) is 0 Å². The van der Waals surface area contributed by atoms with Crippen LogP contribution in [-0.2, 0) is 0 Å². The lowest BCUT2D eigenvalue weighted by atomic mass is 10.1. The van der Waals surface area contributed by atoms with Crippen molar-refractivity contribution in [3.63, 3.8) is 0 Å². The summed E-state index contributed by atoms with van der Waals surface area (Å²) in [5.74, 6) is 1.74.